The number of nitrogens with one attached hydrogen (secondary N) is 1. The van der Waals surface area contributed by atoms with Gasteiger partial charge in [0.05, 0.1) is 28.4 Å². The molecule has 0 bridgehead atoms. The number of para-hydroxylation sites is 1. The Bertz CT molecular complexity index is 1400. The second kappa shape index (κ2) is 8.92. The minimum absolute atomic E-state index is 0.248. The molecule has 36 heavy (non-hydrogen) atoms. The quantitative estimate of drug-likeness (QED) is 0.505. The first-order valence-corrected chi connectivity index (χ1v) is 11.1. The molecule has 0 saturated carbocycles. The van der Waals surface area contributed by atoms with Crippen LogP contribution in [0.1, 0.15) is 21.5 Å². The second-order valence-corrected chi connectivity index (χ2v) is 8.24. The van der Waals surface area contributed by atoms with E-state index < -0.39 is 17.4 Å². The Morgan fingerprint density at radius 2 is 1.61 bits per heavy atom. The Morgan fingerprint density at radius 3 is 2.33 bits per heavy atom. The van der Waals surface area contributed by atoms with Gasteiger partial charge in [0, 0.05) is 22.4 Å². The highest BCUT2D eigenvalue weighted by Gasteiger charge is 2.63. The molecule has 3 aromatic carbocycles. The summed E-state index contributed by atoms with van der Waals surface area (Å²) in [5.74, 6) is -0.175. The van der Waals surface area contributed by atoms with Crippen molar-refractivity contribution in [3.63, 3.8) is 0 Å². The third-order valence-electron chi connectivity index (χ3n) is 6.49. The maximum atomic E-state index is 14.3. The van der Waals surface area contributed by atoms with Gasteiger partial charge in [-0.15, -0.1) is 0 Å². The Kier molecular flexibility index (Phi) is 5.75. The molecule has 1 amide bonds. The molecule has 184 valence electrons. The molecule has 0 radical (unpaired) electrons. The number of carbonyl (C=O) groups is 2. The number of benzene rings is 3. The van der Waals surface area contributed by atoms with Gasteiger partial charge < -0.3 is 29.1 Å². The van der Waals surface area contributed by atoms with Gasteiger partial charge in [-0.1, -0.05) is 23.4 Å². The zero-order valence-electron chi connectivity index (χ0n) is 20.2. The van der Waals surface area contributed by atoms with E-state index in [4.69, 9.17) is 23.8 Å². The normalized spacial score (nSPS) is 19.7. The van der Waals surface area contributed by atoms with E-state index in [9.17, 15) is 9.59 Å². The van der Waals surface area contributed by atoms with Crippen molar-refractivity contribution >= 4 is 23.1 Å². The number of ether oxygens (including phenoxy) is 4. The lowest BCUT2D eigenvalue weighted by Crippen LogP contribution is -2.46. The number of methoxy groups -OCH3 is 4. The molecule has 2 heterocycles. The van der Waals surface area contributed by atoms with Crippen molar-refractivity contribution in [1.29, 1.82) is 0 Å². The minimum atomic E-state index is -1.70. The van der Waals surface area contributed by atoms with Gasteiger partial charge in [-0.25, -0.2) is 0 Å². The zero-order chi connectivity index (χ0) is 25.4. The van der Waals surface area contributed by atoms with E-state index >= 15 is 0 Å². The largest absolute Gasteiger partial charge is 0.497 e. The molecule has 2 atom stereocenters. The topological polar surface area (TPSA) is 105 Å². The number of anilines is 1. The number of fused-ring (bicyclic) bond motifs is 2. The number of carbonyl (C=O) groups excluding carboxylic acids is 2. The van der Waals surface area contributed by atoms with E-state index in [0.717, 1.165) is 0 Å². The van der Waals surface area contributed by atoms with E-state index in [1.165, 1.54) is 28.4 Å². The van der Waals surface area contributed by atoms with Gasteiger partial charge in [-0.2, -0.15) is 0 Å². The average molecular weight is 488 g/mol. The van der Waals surface area contributed by atoms with Crippen LogP contribution in [0.15, 0.2) is 65.8 Å². The number of hydrogen-bond acceptors (Lipinski definition) is 8. The zero-order valence-corrected chi connectivity index (χ0v) is 20.2. The van der Waals surface area contributed by atoms with Crippen LogP contribution in [-0.4, -0.2) is 45.8 Å². The third kappa shape index (κ3) is 3.35. The number of nitrogens with zero attached hydrogens (tertiary/aromatic N) is 1. The van der Waals surface area contributed by atoms with Crippen molar-refractivity contribution in [3.05, 3.63) is 77.4 Å². The van der Waals surface area contributed by atoms with Crippen LogP contribution in [0.2, 0.25) is 0 Å². The molecule has 0 aliphatic carbocycles. The predicted octanol–water partition coefficient (Wildman–Crippen LogP) is 3.80. The molecule has 3 aromatic rings. The summed E-state index contributed by atoms with van der Waals surface area (Å²) in [5, 5.41) is 7.16. The Balaban J connectivity index is 1.72. The van der Waals surface area contributed by atoms with Gasteiger partial charge >= 0.3 is 0 Å². The van der Waals surface area contributed by atoms with E-state index in [0.29, 0.717) is 45.4 Å². The Labute approximate surface area is 207 Å². The van der Waals surface area contributed by atoms with Gasteiger partial charge in [0.2, 0.25) is 0 Å². The molecule has 1 spiro atoms. The van der Waals surface area contributed by atoms with Gasteiger partial charge in [-0.05, 0) is 42.5 Å². The van der Waals surface area contributed by atoms with E-state index in [-0.39, 0.29) is 11.5 Å². The van der Waals surface area contributed by atoms with Gasteiger partial charge in [0.25, 0.3) is 11.5 Å². The lowest BCUT2D eigenvalue weighted by atomic mass is 9.74. The molecule has 0 unspecified atom stereocenters. The number of hydrogen-bond donors (Lipinski definition) is 1. The van der Waals surface area contributed by atoms with Crippen LogP contribution < -0.4 is 24.3 Å². The molecule has 0 fully saturated rings. The molecule has 0 saturated heterocycles. The fourth-order valence-corrected chi connectivity index (χ4v) is 4.73. The van der Waals surface area contributed by atoms with E-state index in [1.807, 2.05) is 0 Å². The first-order valence-electron chi connectivity index (χ1n) is 11.1. The fraction of sp³-hybridized carbons (Fsp3) is 0.222. The summed E-state index contributed by atoms with van der Waals surface area (Å²) in [6, 6.07) is 17.1. The first-order chi connectivity index (χ1) is 17.5. The third-order valence-corrected chi connectivity index (χ3v) is 6.49. The van der Waals surface area contributed by atoms with Crippen molar-refractivity contribution in [2.45, 2.75) is 5.60 Å². The highest BCUT2D eigenvalue weighted by molar-refractivity contribution is 6.25. The molecule has 9 heteroatoms. The lowest BCUT2D eigenvalue weighted by molar-refractivity contribution is -0.140. The number of ketones is 1. The summed E-state index contributed by atoms with van der Waals surface area (Å²) in [5.41, 5.74) is 0.400. The van der Waals surface area contributed by atoms with Crippen LogP contribution in [0.3, 0.4) is 0 Å². The highest BCUT2D eigenvalue weighted by atomic mass is 16.7. The molecule has 0 aromatic heterocycles. The molecular weight excluding hydrogens is 464 g/mol. The maximum Gasteiger partial charge on any atom is 0.277 e. The summed E-state index contributed by atoms with van der Waals surface area (Å²) in [6.45, 7) is 0. The second-order valence-electron chi connectivity index (χ2n) is 8.24. The van der Waals surface area contributed by atoms with Crippen LogP contribution >= 0.6 is 0 Å². The summed E-state index contributed by atoms with van der Waals surface area (Å²) in [4.78, 5) is 33.7. The number of oxime groups is 1. The van der Waals surface area contributed by atoms with E-state index in [2.05, 4.69) is 10.5 Å². The summed E-state index contributed by atoms with van der Waals surface area (Å²) in [6.07, 6.45) is 0. The summed E-state index contributed by atoms with van der Waals surface area (Å²) >= 11 is 0. The van der Waals surface area contributed by atoms with Crippen LogP contribution in [0, 0.1) is 5.92 Å². The number of Topliss-reactive ketones (excluding diaryl/α,β-unsaturated/α-hetero) is 1. The molecular formula is C27H24N2O7. The standard InChI is InChI=1S/C27H24N2O7/c1-32-16-10-12-20(33-2)17(14-16)24-23(25(30)15-9-11-21(34-3)22(13-15)35-4)27(36-29-24)18-7-5-6-8-19(18)28-26(27)31/h5-14,23H,1-4H3,(H,28,31)/t23-,27+/m0/s1. The predicted molar refractivity (Wildman–Crippen MR) is 131 cm³/mol. The Morgan fingerprint density at radius 1 is 0.889 bits per heavy atom. The van der Waals surface area contributed by atoms with Crippen LogP contribution in [-0.2, 0) is 15.2 Å². The fourth-order valence-electron chi connectivity index (χ4n) is 4.73. The van der Waals surface area contributed by atoms with Crippen molar-refractivity contribution < 1.29 is 33.4 Å². The molecule has 2 aliphatic heterocycles. The van der Waals surface area contributed by atoms with Gasteiger partial charge in [-0.3, -0.25) is 9.59 Å². The summed E-state index contributed by atoms with van der Waals surface area (Å²) in [7, 11) is 6.05. The maximum absolute atomic E-state index is 14.3. The molecule has 2 aliphatic rings. The number of rotatable bonds is 7. The molecule has 5 rings (SSSR count). The smallest absolute Gasteiger partial charge is 0.277 e. The van der Waals surface area contributed by atoms with Gasteiger partial charge in [0.1, 0.15) is 23.1 Å². The average Bonchev–Trinajstić information content (AvgIpc) is 3.45. The van der Waals surface area contributed by atoms with Gasteiger partial charge in [0.15, 0.2) is 17.3 Å². The molecule has 9 nitrogen and oxygen atoms in total. The van der Waals surface area contributed by atoms with E-state index in [1.54, 1.807) is 60.7 Å². The van der Waals surface area contributed by atoms with Crippen molar-refractivity contribution in [1.82, 2.24) is 0 Å². The van der Waals surface area contributed by atoms with Crippen LogP contribution in [0.4, 0.5) is 5.69 Å². The van der Waals surface area contributed by atoms with Crippen molar-refractivity contribution in [2.75, 3.05) is 33.8 Å². The first kappa shape index (κ1) is 23.2. The minimum Gasteiger partial charge on any atom is -0.497 e. The van der Waals surface area contributed by atoms with Crippen LogP contribution in [0.5, 0.6) is 23.0 Å². The monoisotopic (exact) mass is 488 g/mol. The Hall–Kier alpha value is -4.53. The SMILES string of the molecule is COc1ccc(OC)c(C2=NO[C@@]3(C(=O)Nc4ccccc43)[C@@H]2C(=O)c2ccc(OC)c(OC)c2)c1. The highest BCUT2D eigenvalue weighted by Crippen LogP contribution is 2.50. The van der Waals surface area contributed by atoms with Crippen molar-refractivity contribution in [2.24, 2.45) is 11.1 Å². The summed E-state index contributed by atoms with van der Waals surface area (Å²) < 4.78 is 21.7. The molecule has 1 N–H and O–H groups in total. The lowest BCUT2D eigenvalue weighted by Gasteiger charge is -2.27. The number of amides is 1. The van der Waals surface area contributed by atoms with Crippen LogP contribution in [0.25, 0.3) is 0 Å². The van der Waals surface area contributed by atoms with Crippen molar-refractivity contribution in [3.8, 4) is 23.0 Å².